The number of phenolic OH excluding ortho intramolecular Hbond substituents is 1. The summed E-state index contributed by atoms with van der Waals surface area (Å²) in [4.78, 5) is 18.5. The molecule has 3 aromatic rings. The van der Waals surface area contributed by atoms with E-state index in [-0.39, 0.29) is 22.6 Å². The zero-order valence-corrected chi connectivity index (χ0v) is 15.5. The zero-order chi connectivity index (χ0) is 20.6. The molecule has 1 saturated heterocycles. The van der Waals surface area contributed by atoms with Gasteiger partial charge in [-0.05, 0) is 42.5 Å². The minimum Gasteiger partial charge on any atom is -0.508 e. The first-order valence-corrected chi connectivity index (χ1v) is 9.38. The van der Waals surface area contributed by atoms with Crippen molar-refractivity contribution in [3.63, 3.8) is 0 Å². The number of benzene rings is 2. The van der Waals surface area contributed by atoms with Gasteiger partial charge in [-0.3, -0.25) is 9.78 Å². The summed E-state index contributed by atoms with van der Waals surface area (Å²) < 4.78 is 41.4. The predicted molar refractivity (Wildman–Crippen MR) is 103 cm³/mol. The van der Waals surface area contributed by atoms with Gasteiger partial charge >= 0.3 is 6.18 Å². The number of nitrogens with zero attached hydrogens (tertiary/aromatic N) is 2. The summed E-state index contributed by atoms with van der Waals surface area (Å²) >= 11 is 0. The summed E-state index contributed by atoms with van der Waals surface area (Å²) in [6, 6.07) is 12.9. The maximum atomic E-state index is 13.8. The van der Waals surface area contributed by atoms with Crippen LogP contribution >= 0.6 is 0 Å². The molecule has 0 saturated carbocycles. The average Bonchev–Trinajstić information content (AvgIpc) is 2.72. The lowest BCUT2D eigenvalue weighted by Gasteiger charge is -2.33. The third kappa shape index (κ3) is 3.77. The molecule has 0 radical (unpaired) electrons. The molecule has 4 rings (SSSR count). The van der Waals surface area contributed by atoms with E-state index in [0.29, 0.717) is 25.9 Å². The highest BCUT2D eigenvalue weighted by Crippen LogP contribution is 2.38. The van der Waals surface area contributed by atoms with Crippen molar-refractivity contribution in [2.24, 2.45) is 0 Å². The maximum Gasteiger partial charge on any atom is 0.417 e. The van der Waals surface area contributed by atoms with Gasteiger partial charge in [0.25, 0.3) is 5.91 Å². The van der Waals surface area contributed by atoms with Crippen molar-refractivity contribution >= 4 is 16.8 Å². The van der Waals surface area contributed by atoms with E-state index in [2.05, 4.69) is 4.98 Å². The van der Waals surface area contributed by atoms with Crippen LogP contribution in [0.4, 0.5) is 13.2 Å². The van der Waals surface area contributed by atoms with Crippen molar-refractivity contribution in [3.8, 4) is 5.75 Å². The topological polar surface area (TPSA) is 53.4 Å². The van der Waals surface area contributed by atoms with E-state index < -0.39 is 23.2 Å². The average molecular weight is 400 g/mol. The Bertz CT molecular complexity index is 1040. The number of piperidine rings is 1. The lowest BCUT2D eigenvalue weighted by Crippen LogP contribution is -2.38. The predicted octanol–water partition coefficient (Wildman–Crippen LogP) is 4.98. The van der Waals surface area contributed by atoms with E-state index in [1.807, 2.05) is 12.1 Å². The van der Waals surface area contributed by atoms with E-state index in [0.717, 1.165) is 11.8 Å². The van der Waals surface area contributed by atoms with Gasteiger partial charge in [0.15, 0.2) is 0 Å². The molecule has 1 fully saturated rings. The number of alkyl halides is 3. The van der Waals surface area contributed by atoms with Crippen LogP contribution in [0.1, 0.15) is 40.2 Å². The van der Waals surface area contributed by atoms with Crippen LogP contribution in [0.25, 0.3) is 10.9 Å². The molecule has 0 spiro atoms. The Labute approximate surface area is 165 Å². The van der Waals surface area contributed by atoms with Crippen LogP contribution in [0.5, 0.6) is 5.75 Å². The lowest BCUT2D eigenvalue weighted by molar-refractivity contribution is -0.136. The molecular formula is C22H19F3N2O2. The maximum absolute atomic E-state index is 13.8. The van der Waals surface area contributed by atoms with Crippen LogP contribution in [0.3, 0.4) is 0 Å². The number of phenols is 1. The van der Waals surface area contributed by atoms with Gasteiger partial charge in [0, 0.05) is 24.7 Å². The van der Waals surface area contributed by atoms with Gasteiger partial charge < -0.3 is 10.0 Å². The quantitative estimate of drug-likeness (QED) is 0.660. The number of aromatic hydroxyl groups is 1. The fourth-order valence-corrected chi connectivity index (χ4v) is 3.94. The fourth-order valence-electron chi connectivity index (χ4n) is 3.94. The zero-order valence-electron chi connectivity index (χ0n) is 15.5. The van der Waals surface area contributed by atoms with E-state index in [1.165, 1.54) is 23.1 Å². The third-order valence-corrected chi connectivity index (χ3v) is 5.44. The number of carbonyl (C=O) groups is 1. The van der Waals surface area contributed by atoms with E-state index in [1.54, 1.807) is 18.2 Å². The number of rotatable bonds is 2. The molecule has 1 aliphatic rings. The number of aromatic nitrogens is 1. The highest BCUT2D eigenvalue weighted by Gasteiger charge is 2.39. The summed E-state index contributed by atoms with van der Waals surface area (Å²) in [7, 11) is 0. The Morgan fingerprint density at radius 3 is 2.34 bits per heavy atom. The molecule has 2 heterocycles. The van der Waals surface area contributed by atoms with Crippen molar-refractivity contribution in [1.29, 1.82) is 0 Å². The highest BCUT2D eigenvalue weighted by atomic mass is 19.4. The second kappa shape index (κ2) is 7.39. The number of hydrogen-bond donors (Lipinski definition) is 1. The van der Waals surface area contributed by atoms with Crippen molar-refractivity contribution in [3.05, 3.63) is 71.4 Å². The summed E-state index contributed by atoms with van der Waals surface area (Å²) in [6.45, 7) is 0.739. The van der Waals surface area contributed by atoms with Crippen molar-refractivity contribution in [2.75, 3.05) is 13.1 Å². The smallest absolute Gasteiger partial charge is 0.417 e. The number of amides is 1. The van der Waals surface area contributed by atoms with Crippen molar-refractivity contribution in [2.45, 2.75) is 24.9 Å². The molecule has 1 aliphatic heterocycles. The van der Waals surface area contributed by atoms with Crippen LogP contribution in [0, 0.1) is 0 Å². The van der Waals surface area contributed by atoms with E-state index in [9.17, 15) is 23.1 Å². The van der Waals surface area contributed by atoms with E-state index in [4.69, 9.17) is 0 Å². The molecule has 0 aliphatic carbocycles. The summed E-state index contributed by atoms with van der Waals surface area (Å²) in [5.41, 5.74) is -0.0614. The molecular weight excluding hydrogens is 381 g/mol. The minimum absolute atomic E-state index is 0.0650. The lowest BCUT2D eigenvalue weighted by atomic mass is 9.89. The first-order chi connectivity index (χ1) is 13.8. The molecule has 2 aromatic carbocycles. The Morgan fingerprint density at radius 1 is 1.03 bits per heavy atom. The van der Waals surface area contributed by atoms with Crippen LogP contribution in [-0.2, 0) is 6.18 Å². The number of carbonyl (C=O) groups excluding carboxylic acids is 1. The van der Waals surface area contributed by atoms with Crippen LogP contribution < -0.4 is 0 Å². The van der Waals surface area contributed by atoms with Crippen LogP contribution in [0.2, 0.25) is 0 Å². The van der Waals surface area contributed by atoms with Crippen molar-refractivity contribution < 1.29 is 23.1 Å². The van der Waals surface area contributed by atoms with Gasteiger partial charge in [-0.15, -0.1) is 0 Å². The molecule has 0 bridgehead atoms. The van der Waals surface area contributed by atoms with Gasteiger partial charge in [0.05, 0.1) is 16.6 Å². The first kappa shape index (κ1) is 19.2. The minimum atomic E-state index is -4.65. The summed E-state index contributed by atoms with van der Waals surface area (Å²) in [5.74, 6) is -0.249. The van der Waals surface area contributed by atoms with Gasteiger partial charge in [0.2, 0.25) is 0 Å². The largest absolute Gasteiger partial charge is 0.508 e. The summed E-state index contributed by atoms with van der Waals surface area (Å²) in [6.07, 6.45) is -2.31. The third-order valence-electron chi connectivity index (χ3n) is 5.44. The Kier molecular flexibility index (Phi) is 4.90. The second-order valence-corrected chi connectivity index (χ2v) is 7.22. The molecule has 1 amide bonds. The fraction of sp³-hybridized carbons (Fsp3) is 0.273. The highest BCUT2D eigenvalue weighted by molar-refractivity contribution is 6.00. The van der Waals surface area contributed by atoms with Crippen LogP contribution in [0.15, 0.2) is 54.7 Å². The monoisotopic (exact) mass is 400 g/mol. The van der Waals surface area contributed by atoms with Gasteiger partial charge in [-0.25, -0.2) is 0 Å². The molecule has 1 aromatic heterocycles. The Morgan fingerprint density at radius 2 is 1.69 bits per heavy atom. The molecule has 7 heteroatoms. The number of likely N-dealkylation sites (tertiary alicyclic amines) is 1. The van der Waals surface area contributed by atoms with E-state index >= 15 is 0 Å². The normalized spacial score (nSPS) is 15.6. The number of para-hydroxylation sites is 1. The van der Waals surface area contributed by atoms with Gasteiger partial charge in [0.1, 0.15) is 5.75 Å². The SMILES string of the molecule is O=C(c1cnc2ccccc2c1C(F)(F)F)N1CCC(c2ccc(O)cc2)CC1. The molecule has 0 atom stereocenters. The van der Waals surface area contributed by atoms with Gasteiger partial charge in [-0.1, -0.05) is 30.3 Å². The van der Waals surface area contributed by atoms with Crippen LogP contribution in [-0.4, -0.2) is 34.0 Å². The number of fused-ring (bicyclic) bond motifs is 1. The molecule has 1 N–H and O–H groups in total. The molecule has 4 nitrogen and oxygen atoms in total. The summed E-state index contributed by atoms with van der Waals surface area (Å²) in [5, 5.41) is 9.35. The molecule has 150 valence electrons. The standard InChI is InChI=1S/C22H19F3N2O2/c23-22(24,25)20-17-3-1-2-4-19(17)26-13-18(20)21(29)27-11-9-15(10-12-27)14-5-7-16(28)8-6-14/h1-8,13,15,28H,9-12H2. The second-order valence-electron chi connectivity index (χ2n) is 7.22. The number of halogens is 3. The molecule has 0 unspecified atom stereocenters. The Hall–Kier alpha value is -3.09. The van der Waals surface area contributed by atoms with Crippen molar-refractivity contribution in [1.82, 2.24) is 9.88 Å². The molecule has 29 heavy (non-hydrogen) atoms. The number of pyridine rings is 1. The van der Waals surface area contributed by atoms with Gasteiger partial charge in [-0.2, -0.15) is 13.2 Å². The number of hydrogen-bond acceptors (Lipinski definition) is 3. The first-order valence-electron chi connectivity index (χ1n) is 9.38. The Balaban J connectivity index is 1.59.